The van der Waals surface area contributed by atoms with Gasteiger partial charge in [0.25, 0.3) is 0 Å². The minimum atomic E-state index is 0. The van der Waals surface area contributed by atoms with Crippen LogP contribution in [0.3, 0.4) is 0 Å². The molecule has 0 heterocycles. The number of ketones is 2. The second-order valence-electron chi connectivity index (χ2n) is 6.20. The maximum Gasteiger partial charge on any atom is 0.218 e. The summed E-state index contributed by atoms with van der Waals surface area (Å²) in [6.45, 7) is 18.0. The molecular weight excluding hydrogens is 470 g/mol. The van der Waals surface area contributed by atoms with Gasteiger partial charge in [-0.1, -0.05) is 40.7 Å². The van der Waals surface area contributed by atoms with Crippen LogP contribution in [0.2, 0.25) is 0 Å². The van der Waals surface area contributed by atoms with Crippen LogP contribution >= 0.6 is 19.8 Å². The van der Waals surface area contributed by atoms with Gasteiger partial charge in [0.15, 0.2) is 5.78 Å². The Kier molecular flexibility index (Phi) is 66.3. The molecule has 8 nitrogen and oxygen atoms in total. The molecule has 0 aromatic rings. The number of nitrogens with one attached hydrogen (secondary N) is 2. The van der Waals surface area contributed by atoms with Crippen molar-refractivity contribution in [3.63, 3.8) is 0 Å². The third kappa shape index (κ3) is 52.5. The number of carbonyl (C=O) groups excluding carboxylic acids is 4. The Hall–Kier alpha value is -1.36. The zero-order valence-corrected chi connectivity index (χ0v) is 28.1. The molecule has 2 N–H and O–H groups in total. The van der Waals surface area contributed by atoms with Gasteiger partial charge in [-0.15, -0.1) is 0 Å². The lowest BCUT2D eigenvalue weighted by atomic mass is 10.1. The molecule has 34 heavy (non-hydrogen) atoms. The molecule has 3 unspecified atom stereocenters. The maximum atomic E-state index is 10.5. The molecule has 0 aliphatic carbocycles. The van der Waals surface area contributed by atoms with Crippen molar-refractivity contribution in [3.05, 3.63) is 11.8 Å². The van der Waals surface area contributed by atoms with E-state index in [-0.39, 0.29) is 49.2 Å². The van der Waals surface area contributed by atoms with Gasteiger partial charge in [0.2, 0.25) is 11.8 Å². The lowest BCUT2D eigenvalue weighted by molar-refractivity contribution is -0.127. The van der Waals surface area contributed by atoms with Crippen LogP contribution in [-0.2, 0) is 19.2 Å². The van der Waals surface area contributed by atoms with E-state index in [0.29, 0.717) is 5.70 Å². The first-order valence-electron chi connectivity index (χ1n) is 11.1. The van der Waals surface area contributed by atoms with Gasteiger partial charge in [0.1, 0.15) is 5.78 Å². The smallest absolute Gasteiger partial charge is 0.218 e. The Labute approximate surface area is 218 Å². The average molecular weight is 531 g/mol. The van der Waals surface area contributed by atoms with Crippen LogP contribution in [-0.4, -0.2) is 81.5 Å². The number of Topliss-reactive ketones (excluding diaryl/α,β-unsaturated/α-hetero) is 2. The van der Waals surface area contributed by atoms with E-state index in [1.165, 1.54) is 30.6 Å². The van der Waals surface area contributed by atoms with Crippen LogP contribution in [0.1, 0.15) is 75.7 Å². The largest absolute Gasteiger partial charge is 0.386 e. The fourth-order valence-electron chi connectivity index (χ4n) is 1.22. The van der Waals surface area contributed by atoms with Crippen LogP contribution in [0.15, 0.2) is 11.8 Å². The Morgan fingerprint density at radius 3 is 1.03 bits per heavy atom. The molecule has 0 aliphatic heterocycles. The fraction of sp³-hybridized carbons (Fsp3) is 0.750. The van der Waals surface area contributed by atoms with E-state index < -0.39 is 0 Å². The quantitative estimate of drug-likeness (QED) is 0.416. The van der Waals surface area contributed by atoms with E-state index in [2.05, 4.69) is 10.6 Å². The molecule has 0 fully saturated rings. The number of allylic oxidation sites excluding steroid dienone is 2. The molecular formula is C24H60N4O4P2. The fourth-order valence-corrected chi connectivity index (χ4v) is 1.22. The zero-order valence-electron chi connectivity index (χ0n) is 25.3. The van der Waals surface area contributed by atoms with Gasteiger partial charge in [-0.2, -0.15) is 19.8 Å². The zero-order chi connectivity index (χ0) is 27.4. The Bertz CT molecular complexity index is 477. The van der Waals surface area contributed by atoms with Crippen LogP contribution in [0.5, 0.6) is 0 Å². The number of amides is 2. The number of likely N-dealkylation sites (N-methyl/N-ethyl adjacent to an activating group) is 2. The lowest BCUT2D eigenvalue weighted by Gasteiger charge is -2.07. The van der Waals surface area contributed by atoms with Gasteiger partial charge < -0.3 is 20.4 Å². The molecule has 0 aliphatic rings. The summed E-state index contributed by atoms with van der Waals surface area (Å²) in [5.74, 6) is 0.481. The average Bonchev–Trinajstić information content (AvgIpc) is 2.73. The topological polar surface area (TPSA) is 98.8 Å². The maximum absolute atomic E-state index is 10.5. The monoisotopic (exact) mass is 530 g/mol. The molecule has 3 atom stereocenters. The number of rotatable bonds is 5. The van der Waals surface area contributed by atoms with E-state index in [0.717, 1.165) is 6.42 Å². The lowest BCUT2D eigenvalue weighted by Crippen LogP contribution is -2.31. The Morgan fingerprint density at radius 2 is 1.03 bits per heavy atom. The second kappa shape index (κ2) is 41.9. The van der Waals surface area contributed by atoms with Crippen molar-refractivity contribution >= 4 is 43.2 Å². The van der Waals surface area contributed by atoms with Crippen molar-refractivity contribution in [2.45, 2.75) is 81.7 Å². The van der Waals surface area contributed by atoms with Crippen molar-refractivity contribution < 1.29 is 19.2 Å². The second-order valence-corrected chi connectivity index (χ2v) is 6.20. The van der Waals surface area contributed by atoms with Crippen LogP contribution in [0.25, 0.3) is 0 Å². The molecule has 0 bridgehead atoms. The van der Waals surface area contributed by atoms with Crippen molar-refractivity contribution in [3.8, 4) is 0 Å². The molecule has 210 valence electrons. The first kappa shape index (κ1) is 53.8. The summed E-state index contributed by atoms with van der Waals surface area (Å²) in [5.41, 5.74) is 0.671. The van der Waals surface area contributed by atoms with E-state index in [4.69, 9.17) is 0 Å². The standard InChI is InChI=1S/C6H13NO.C6H11NO.2C4H9NO.2C2H6.2H3P/c2*1-4-6(7-3)5(2)8;2*1-4(6)5(2)3;2*1-2;;/h6-7H,4H2,1-3H3;4,7H,1-3H3;2*1-3H3;2*1-2H3;2*1H3/b;6-4-;;;;;;. The van der Waals surface area contributed by atoms with Gasteiger partial charge >= 0.3 is 0 Å². The molecule has 10 heteroatoms. The van der Waals surface area contributed by atoms with E-state index in [1.54, 1.807) is 55.3 Å². The van der Waals surface area contributed by atoms with E-state index in [9.17, 15) is 19.2 Å². The highest BCUT2D eigenvalue weighted by Crippen LogP contribution is 1.89. The first-order chi connectivity index (χ1) is 14.7. The number of nitrogens with zero attached hydrogens (tertiary/aromatic N) is 2. The summed E-state index contributed by atoms with van der Waals surface area (Å²) in [7, 11) is 10.4. The minimum absolute atomic E-state index is 0. The van der Waals surface area contributed by atoms with Crippen LogP contribution < -0.4 is 10.6 Å². The predicted molar refractivity (Wildman–Crippen MR) is 161 cm³/mol. The van der Waals surface area contributed by atoms with Crippen LogP contribution in [0.4, 0.5) is 0 Å². The van der Waals surface area contributed by atoms with Gasteiger partial charge in [-0.05, 0) is 27.3 Å². The molecule has 0 aromatic carbocycles. The Balaban J connectivity index is -0.0000000415. The van der Waals surface area contributed by atoms with Crippen molar-refractivity contribution in [1.82, 2.24) is 20.4 Å². The van der Waals surface area contributed by atoms with Crippen LogP contribution in [0, 0.1) is 0 Å². The van der Waals surface area contributed by atoms with Gasteiger partial charge in [0, 0.05) is 56.0 Å². The summed E-state index contributed by atoms with van der Waals surface area (Å²) < 4.78 is 0. The van der Waals surface area contributed by atoms with E-state index in [1.807, 2.05) is 41.5 Å². The summed E-state index contributed by atoms with van der Waals surface area (Å²) in [5, 5.41) is 5.66. The third-order valence-electron chi connectivity index (χ3n) is 3.44. The van der Waals surface area contributed by atoms with E-state index >= 15 is 0 Å². The number of hydrogen-bond donors (Lipinski definition) is 2. The highest BCUT2D eigenvalue weighted by atomic mass is 31.0. The van der Waals surface area contributed by atoms with Gasteiger partial charge in [-0.3, -0.25) is 19.2 Å². The Morgan fingerprint density at radius 1 is 0.765 bits per heavy atom. The predicted octanol–water partition coefficient (Wildman–Crippen LogP) is 3.63. The third-order valence-corrected chi connectivity index (χ3v) is 3.44. The molecule has 0 aromatic heterocycles. The molecule has 0 saturated heterocycles. The summed E-state index contributed by atoms with van der Waals surface area (Å²) in [4.78, 5) is 44.2. The minimum Gasteiger partial charge on any atom is -0.386 e. The normalized spacial score (nSPS) is 8.88. The first-order valence-corrected chi connectivity index (χ1v) is 11.1. The highest BCUT2D eigenvalue weighted by molar-refractivity contribution is 6.92. The highest BCUT2D eigenvalue weighted by Gasteiger charge is 2.05. The summed E-state index contributed by atoms with van der Waals surface area (Å²) in [6.07, 6.45) is 2.63. The molecule has 0 spiro atoms. The van der Waals surface area contributed by atoms with Crippen molar-refractivity contribution in [2.75, 3.05) is 42.3 Å². The number of carbonyl (C=O) groups is 4. The van der Waals surface area contributed by atoms with Gasteiger partial charge in [-0.25, -0.2) is 0 Å². The molecule has 0 saturated carbocycles. The SMILES string of the molecule is C/C=C(\NC)C(C)=O.CC.CC.CC(=O)N(C)C.CC(=O)N(C)C.CCC(NC)C(C)=O.P.P. The summed E-state index contributed by atoms with van der Waals surface area (Å²) in [6, 6.07) is 0.0648. The molecule has 2 amide bonds. The van der Waals surface area contributed by atoms with Crippen molar-refractivity contribution in [2.24, 2.45) is 0 Å². The van der Waals surface area contributed by atoms with Crippen molar-refractivity contribution in [1.29, 1.82) is 0 Å². The number of hydrogen-bond acceptors (Lipinski definition) is 6. The summed E-state index contributed by atoms with van der Waals surface area (Å²) >= 11 is 0. The molecule has 0 rings (SSSR count). The van der Waals surface area contributed by atoms with Gasteiger partial charge in [0.05, 0.1) is 11.7 Å². The molecule has 0 radical (unpaired) electrons.